The standard InChI is InChI=1S/C18H19ClFN7O/c19-13-10-11(2-3-14(13)20)23-16(26-28)12-4-5-21-17-15(12)24-18(25-17)22-6-9-27-7-1-8-27/h2-5,10,28H,1,6-9H2,(H,23,26)(H2,21,22,24,25). The number of pyridine rings is 1. The number of nitrogens with one attached hydrogen (secondary N) is 3. The highest BCUT2D eigenvalue weighted by Gasteiger charge is 2.15. The van der Waals surface area contributed by atoms with Crippen molar-refractivity contribution in [3.8, 4) is 0 Å². The number of nitrogens with zero attached hydrogens (tertiary/aromatic N) is 4. The van der Waals surface area contributed by atoms with Gasteiger partial charge in [0.05, 0.1) is 16.2 Å². The van der Waals surface area contributed by atoms with Gasteiger partial charge < -0.3 is 15.2 Å². The fourth-order valence-corrected chi connectivity index (χ4v) is 3.13. The summed E-state index contributed by atoms with van der Waals surface area (Å²) in [5.74, 6) is 0.219. The molecule has 0 unspecified atom stereocenters. The van der Waals surface area contributed by atoms with Crippen LogP contribution in [0.25, 0.3) is 11.2 Å². The predicted molar refractivity (Wildman–Crippen MR) is 106 cm³/mol. The lowest BCUT2D eigenvalue weighted by Gasteiger charge is -2.30. The van der Waals surface area contributed by atoms with Crippen molar-refractivity contribution in [3.05, 3.63) is 46.9 Å². The molecule has 1 fully saturated rings. The molecule has 0 spiro atoms. The molecule has 1 aliphatic heterocycles. The number of hydrogen-bond donors (Lipinski definition) is 4. The van der Waals surface area contributed by atoms with E-state index < -0.39 is 5.82 Å². The van der Waals surface area contributed by atoms with Gasteiger partial charge in [0.2, 0.25) is 5.95 Å². The molecule has 1 saturated heterocycles. The zero-order valence-electron chi connectivity index (χ0n) is 14.9. The highest BCUT2D eigenvalue weighted by molar-refractivity contribution is 6.31. The molecular formula is C18H19ClFN7O. The smallest absolute Gasteiger partial charge is 0.202 e. The van der Waals surface area contributed by atoms with Gasteiger partial charge in [-0.3, -0.25) is 10.7 Å². The van der Waals surface area contributed by atoms with E-state index in [1.54, 1.807) is 12.3 Å². The Labute approximate surface area is 165 Å². The Morgan fingerprint density at radius 2 is 2.21 bits per heavy atom. The molecular weight excluding hydrogens is 385 g/mol. The largest absolute Gasteiger partial charge is 0.354 e. The molecule has 4 N–H and O–H groups in total. The zero-order valence-corrected chi connectivity index (χ0v) is 15.7. The Hall–Kier alpha value is -2.75. The molecule has 2 aromatic heterocycles. The van der Waals surface area contributed by atoms with E-state index in [1.165, 1.54) is 24.6 Å². The molecule has 0 radical (unpaired) electrons. The van der Waals surface area contributed by atoms with Crippen LogP contribution in [-0.2, 0) is 0 Å². The molecule has 3 heterocycles. The molecule has 0 bridgehead atoms. The number of aliphatic imine (C=N–C) groups is 1. The van der Waals surface area contributed by atoms with Crippen LogP contribution in [0, 0.1) is 5.82 Å². The highest BCUT2D eigenvalue weighted by atomic mass is 35.5. The molecule has 8 nitrogen and oxygen atoms in total. The van der Waals surface area contributed by atoms with Crippen LogP contribution < -0.4 is 10.8 Å². The lowest BCUT2D eigenvalue weighted by atomic mass is 10.2. The Kier molecular flexibility index (Phi) is 5.38. The van der Waals surface area contributed by atoms with Crippen LogP contribution >= 0.6 is 11.6 Å². The summed E-state index contributed by atoms with van der Waals surface area (Å²) in [5, 5.41) is 12.8. The first-order chi connectivity index (χ1) is 13.6. The topological polar surface area (TPSA) is 101 Å². The van der Waals surface area contributed by atoms with Gasteiger partial charge in [-0.05, 0) is 43.8 Å². The second-order valence-corrected chi connectivity index (χ2v) is 6.84. The van der Waals surface area contributed by atoms with Gasteiger partial charge in [0.15, 0.2) is 11.5 Å². The van der Waals surface area contributed by atoms with Gasteiger partial charge in [-0.15, -0.1) is 0 Å². The summed E-state index contributed by atoms with van der Waals surface area (Å²) >= 11 is 5.81. The lowest BCUT2D eigenvalue weighted by Crippen LogP contribution is -2.40. The Bertz CT molecular complexity index is 1020. The van der Waals surface area contributed by atoms with Crippen LogP contribution in [0.1, 0.15) is 12.0 Å². The first-order valence-corrected chi connectivity index (χ1v) is 9.27. The summed E-state index contributed by atoms with van der Waals surface area (Å²) < 4.78 is 13.4. The van der Waals surface area contributed by atoms with Crippen molar-refractivity contribution in [1.29, 1.82) is 0 Å². The number of fused-ring (bicyclic) bond motifs is 1. The molecule has 10 heteroatoms. The molecule has 0 saturated carbocycles. The van der Waals surface area contributed by atoms with Gasteiger partial charge >= 0.3 is 0 Å². The normalized spacial score (nSPS) is 14.9. The molecule has 1 aliphatic rings. The van der Waals surface area contributed by atoms with E-state index >= 15 is 0 Å². The number of likely N-dealkylation sites (tertiary alicyclic amines) is 1. The molecule has 1 aromatic carbocycles. The molecule has 0 amide bonds. The average molecular weight is 404 g/mol. The Morgan fingerprint density at radius 1 is 1.36 bits per heavy atom. The summed E-state index contributed by atoms with van der Waals surface area (Å²) in [7, 11) is 0. The average Bonchev–Trinajstić information content (AvgIpc) is 3.07. The molecule has 28 heavy (non-hydrogen) atoms. The fourth-order valence-electron chi connectivity index (χ4n) is 2.96. The van der Waals surface area contributed by atoms with Crippen LogP contribution in [0.5, 0.6) is 0 Å². The molecule has 0 aliphatic carbocycles. The minimum Gasteiger partial charge on any atom is -0.354 e. The van der Waals surface area contributed by atoms with E-state index in [0.717, 1.165) is 26.2 Å². The van der Waals surface area contributed by atoms with Crippen molar-refractivity contribution < 1.29 is 9.60 Å². The maximum Gasteiger partial charge on any atom is 0.202 e. The van der Waals surface area contributed by atoms with Gasteiger partial charge in [-0.1, -0.05) is 11.6 Å². The van der Waals surface area contributed by atoms with Crippen LogP contribution in [0.4, 0.5) is 16.0 Å². The van der Waals surface area contributed by atoms with E-state index in [0.29, 0.717) is 28.4 Å². The minimum absolute atomic E-state index is 0.0476. The SMILES string of the molecule is ONC(=Nc1ccc(F)c(Cl)c1)c1ccnc2nc(NCCN3CCC3)[nH]c12. The first kappa shape index (κ1) is 18.6. The van der Waals surface area contributed by atoms with Crippen molar-refractivity contribution in [2.24, 2.45) is 4.99 Å². The van der Waals surface area contributed by atoms with Crippen LogP contribution in [0.3, 0.4) is 0 Å². The van der Waals surface area contributed by atoms with Gasteiger partial charge in [0, 0.05) is 24.8 Å². The van der Waals surface area contributed by atoms with Crippen LogP contribution in [0.2, 0.25) is 5.02 Å². The third kappa shape index (κ3) is 3.91. The molecule has 146 valence electrons. The van der Waals surface area contributed by atoms with E-state index in [9.17, 15) is 9.60 Å². The number of benzene rings is 1. The predicted octanol–water partition coefficient (Wildman–Crippen LogP) is 2.93. The number of hydroxylamine groups is 1. The second-order valence-electron chi connectivity index (χ2n) is 6.44. The summed E-state index contributed by atoms with van der Waals surface area (Å²) in [6.45, 7) is 4.00. The Morgan fingerprint density at radius 3 is 2.93 bits per heavy atom. The van der Waals surface area contributed by atoms with E-state index in [2.05, 4.69) is 35.6 Å². The summed E-state index contributed by atoms with van der Waals surface area (Å²) in [5.41, 5.74) is 4.14. The molecule has 3 aromatic rings. The number of amidine groups is 1. The van der Waals surface area contributed by atoms with Crippen LogP contribution in [-0.4, -0.2) is 57.1 Å². The monoisotopic (exact) mass is 403 g/mol. The lowest BCUT2D eigenvalue weighted by molar-refractivity contribution is 0.189. The van der Waals surface area contributed by atoms with Gasteiger partial charge in [-0.25, -0.2) is 14.4 Å². The molecule has 4 rings (SSSR count). The molecule has 0 atom stereocenters. The second kappa shape index (κ2) is 8.09. The van der Waals surface area contributed by atoms with Gasteiger partial charge in [0.1, 0.15) is 5.82 Å². The summed E-state index contributed by atoms with van der Waals surface area (Å²) in [6, 6.07) is 5.75. The number of hydrogen-bond acceptors (Lipinski definition) is 6. The maximum atomic E-state index is 13.4. The summed E-state index contributed by atoms with van der Waals surface area (Å²) in [4.78, 5) is 18.5. The Balaban J connectivity index is 1.60. The highest BCUT2D eigenvalue weighted by Crippen LogP contribution is 2.23. The number of halogens is 2. The third-order valence-electron chi connectivity index (χ3n) is 4.57. The van der Waals surface area contributed by atoms with Crippen molar-refractivity contribution in [2.45, 2.75) is 6.42 Å². The number of aromatic amines is 1. The number of aromatic nitrogens is 3. The maximum absolute atomic E-state index is 13.4. The fraction of sp³-hybridized carbons (Fsp3) is 0.278. The van der Waals surface area contributed by atoms with Crippen molar-refractivity contribution >= 4 is 40.2 Å². The van der Waals surface area contributed by atoms with Crippen molar-refractivity contribution in [3.63, 3.8) is 0 Å². The van der Waals surface area contributed by atoms with E-state index in [4.69, 9.17) is 11.6 Å². The minimum atomic E-state index is -0.534. The number of anilines is 1. The quantitative estimate of drug-likeness (QED) is 0.287. The summed E-state index contributed by atoms with van der Waals surface area (Å²) in [6.07, 6.45) is 2.83. The van der Waals surface area contributed by atoms with Gasteiger partial charge in [-0.2, -0.15) is 4.98 Å². The van der Waals surface area contributed by atoms with Crippen molar-refractivity contribution in [2.75, 3.05) is 31.5 Å². The third-order valence-corrected chi connectivity index (χ3v) is 4.86. The number of rotatable bonds is 6. The van der Waals surface area contributed by atoms with E-state index in [-0.39, 0.29) is 10.9 Å². The zero-order chi connectivity index (χ0) is 19.5. The number of H-pyrrole nitrogens is 1. The number of imidazole rings is 1. The van der Waals surface area contributed by atoms with Crippen LogP contribution in [0.15, 0.2) is 35.5 Å². The van der Waals surface area contributed by atoms with Crippen molar-refractivity contribution in [1.82, 2.24) is 25.3 Å². The first-order valence-electron chi connectivity index (χ1n) is 8.89. The van der Waals surface area contributed by atoms with Gasteiger partial charge in [0.25, 0.3) is 0 Å². The van der Waals surface area contributed by atoms with E-state index in [1.807, 2.05) is 0 Å².